The average Bonchev–Trinajstić information content (AvgIpc) is 2.83. The summed E-state index contributed by atoms with van der Waals surface area (Å²) in [5, 5.41) is 6.84. The fraction of sp³-hybridized carbons (Fsp3) is 0.438. The van der Waals surface area contributed by atoms with Crippen LogP contribution in [0.5, 0.6) is 5.75 Å². The summed E-state index contributed by atoms with van der Waals surface area (Å²) in [5.41, 5.74) is 2.16. The fourth-order valence-electron chi connectivity index (χ4n) is 2.42. The zero-order chi connectivity index (χ0) is 18.4. The molecule has 3 amide bonds. The van der Waals surface area contributed by atoms with Crippen molar-refractivity contribution in [2.75, 3.05) is 25.7 Å². The Kier molecular flexibility index (Phi) is 6.49. The Balaban J connectivity index is 2.04. The lowest BCUT2D eigenvalue weighted by molar-refractivity contribution is -0.132. The van der Waals surface area contributed by atoms with Gasteiger partial charge in [-0.05, 0) is 55.3 Å². The molecule has 0 spiro atoms. The summed E-state index contributed by atoms with van der Waals surface area (Å²) >= 11 is 6.90. The van der Waals surface area contributed by atoms with Crippen LogP contribution in [0.1, 0.15) is 18.9 Å². The van der Waals surface area contributed by atoms with Crippen LogP contribution < -0.4 is 20.8 Å². The van der Waals surface area contributed by atoms with Crippen LogP contribution in [0.4, 0.5) is 4.79 Å². The molecule has 3 N–H and O–H groups in total. The van der Waals surface area contributed by atoms with Crippen LogP contribution >= 0.6 is 24.0 Å². The maximum Gasteiger partial charge on any atom is 0.344 e. The van der Waals surface area contributed by atoms with Gasteiger partial charge in [-0.15, -0.1) is 0 Å². The van der Waals surface area contributed by atoms with E-state index >= 15 is 0 Å². The maximum absolute atomic E-state index is 12.8. The molecule has 1 heterocycles. The Labute approximate surface area is 156 Å². The normalized spacial score (nSPS) is 19.6. The first-order valence-electron chi connectivity index (χ1n) is 7.77. The molecule has 0 aromatic heterocycles. The second kappa shape index (κ2) is 8.39. The number of benzene rings is 1. The van der Waals surface area contributed by atoms with Gasteiger partial charge in [0, 0.05) is 6.54 Å². The third-order valence-corrected chi connectivity index (χ3v) is 4.81. The monoisotopic (exact) mass is 382 g/mol. The molecule has 1 fully saturated rings. The molecule has 7 nitrogen and oxygen atoms in total. The molecule has 2 rings (SSSR count). The molecule has 1 aliphatic heterocycles. The zero-order valence-corrected chi connectivity index (χ0v) is 16.1. The average molecular weight is 383 g/mol. The van der Waals surface area contributed by atoms with Gasteiger partial charge in [-0.3, -0.25) is 10.2 Å². The number of urea groups is 1. The summed E-state index contributed by atoms with van der Waals surface area (Å²) in [7, 11) is 1.57. The largest absolute Gasteiger partial charge is 0.497 e. The molecule has 9 heteroatoms. The van der Waals surface area contributed by atoms with Crippen molar-refractivity contribution in [1.82, 2.24) is 21.1 Å². The van der Waals surface area contributed by atoms with Crippen LogP contribution in [0, 0.1) is 0 Å². The summed E-state index contributed by atoms with van der Waals surface area (Å²) in [4.78, 5) is 25.0. The van der Waals surface area contributed by atoms with Crippen LogP contribution in [0.25, 0.3) is 0 Å². The Hall–Kier alpha value is -2.00. The number of hydrazine groups is 1. The molecular weight excluding hydrogens is 360 g/mol. The Morgan fingerprint density at radius 2 is 2.04 bits per heavy atom. The smallest absolute Gasteiger partial charge is 0.344 e. The first-order valence-corrected chi connectivity index (χ1v) is 9.57. The van der Waals surface area contributed by atoms with Crippen molar-refractivity contribution in [3.8, 4) is 5.75 Å². The highest BCUT2D eigenvalue weighted by atomic mass is 32.2. The second-order valence-electron chi connectivity index (χ2n) is 5.64. The first kappa shape index (κ1) is 19.3. The molecule has 0 aliphatic carbocycles. The van der Waals surface area contributed by atoms with Gasteiger partial charge in [0.2, 0.25) is 0 Å². The number of nitrogens with zero attached hydrogens (tertiary/aromatic N) is 1. The van der Waals surface area contributed by atoms with E-state index < -0.39 is 17.5 Å². The summed E-state index contributed by atoms with van der Waals surface area (Å²) in [6, 6.07) is 6.44. The van der Waals surface area contributed by atoms with E-state index in [1.165, 1.54) is 0 Å². The SMILES string of the molecule is COc1ccc([C@]2(C)NC(=O)N(NC(=S)NCCCSC)C2=O)cc1. The van der Waals surface area contributed by atoms with Crippen molar-refractivity contribution in [3.05, 3.63) is 29.8 Å². The molecule has 0 bridgehead atoms. The number of hydrogen-bond acceptors (Lipinski definition) is 5. The molecule has 0 radical (unpaired) electrons. The summed E-state index contributed by atoms with van der Waals surface area (Å²) in [6.07, 6.45) is 2.97. The Morgan fingerprint density at radius 1 is 1.36 bits per heavy atom. The van der Waals surface area contributed by atoms with E-state index in [0.717, 1.165) is 17.2 Å². The number of carbonyl (C=O) groups excluding carboxylic acids is 2. The van der Waals surface area contributed by atoms with Gasteiger partial charge in [0.05, 0.1) is 7.11 Å². The number of hydrogen-bond donors (Lipinski definition) is 3. The summed E-state index contributed by atoms with van der Waals surface area (Å²) in [5.74, 6) is 1.26. The molecule has 1 aromatic rings. The fourth-order valence-corrected chi connectivity index (χ4v) is 3.05. The predicted octanol–water partition coefficient (Wildman–Crippen LogP) is 1.59. The highest BCUT2D eigenvalue weighted by molar-refractivity contribution is 7.98. The third kappa shape index (κ3) is 4.35. The van der Waals surface area contributed by atoms with Crippen molar-refractivity contribution in [1.29, 1.82) is 0 Å². The van der Waals surface area contributed by atoms with Gasteiger partial charge in [0.1, 0.15) is 11.3 Å². The molecular formula is C16H22N4O3S2. The lowest BCUT2D eigenvalue weighted by atomic mass is 9.92. The van der Waals surface area contributed by atoms with Gasteiger partial charge >= 0.3 is 6.03 Å². The van der Waals surface area contributed by atoms with Gasteiger partial charge in [-0.2, -0.15) is 16.8 Å². The number of ether oxygens (including phenoxy) is 1. The molecule has 136 valence electrons. The second-order valence-corrected chi connectivity index (χ2v) is 7.03. The molecule has 1 atom stereocenters. The van der Waals surface area contributed by atoms with Crippen molar-refractivity contribution in [2.45, 2.75) is 18.9 Å². The maximum atomic E-state index is 12.8. The van der Waals surface area contributed by atoms with Crippen molar-refractivity contribution < 1.29 is 14.3 Å². The number of amides is 3. The quantitative estimate of drug-likeness (QED) is 0.375. The molecule has 25 heavy (non-hydrogen) atoms. The van der Waals surface area contributed by atoms with Crippen LogP contribution in [-0.2, 0) is 10.3 Å². The summed E-state index contributed by atoms with van der Waals surface area (Å²) < 4.78 is 5.12. The molecule has 0 unspecified atom stereocenters. The number of thiocarbonyl (C=S) groups is 1. The van der Waals surface area contributed by atoms with Gasteiger partial charge < -0.3 is 15.4 Å². The Morgan fingerprint density at radius 3 is 2.64 bits per heavy atom. The first-order chi connectivity index (χ1) is 11.9. The van der Waals surface area contributed by atoms with Crippen molar-refractivity contribution in [2.24, 2.45) is 0 Å². The van der Waals surface area contributed by atoms with E-state index in [1.54, 1.807) is 50.1 Å². The number of thioether (sulfide) groups is 1. The van der Waals surface area contributed by atoms with E-state index in [0.29, 0.717) is 17.9 Å². The number of imide groups is 1. The predicted molar refractivity (Wildman–Crippen MR) is 102 cm³/mol. The van der Waals surface area contributed by atoms with Gasteiger partial charge in [-0.25, -0.2) is 4.79 Å². The number of nitrogens with one attached hydrogen (secondary N) is 3. The van der Waals surface area contributed by atoms with Crippen LogP contribution in [-0.4, -0.2) is 47.7 Å². The zero-order valence-electron chi connectivity index (χ0n) is 14.4. The molecule has 1 aliphatic rings. The van der Waals surface area contributed by atoms with Gasteiger partial charge in [0.25, 0.3) is 5.91 Å². The molecule has 1 saturated heterocycles. The minimum absolute atomic E-state index is 0.239. The minimum atomic E-state index is -1.16. The van der Waals surface area contributed by atoms with E-state index in [9.17, 15) is 9.59 Å². The number of rotatable bonds is 7. The minimum Gasteiger partial charge on any atom is -0.497 e. The highest BCUT2D eigenvalue weighted by Crippen LogP contribution is 2.29. The molecule has 1 aromatic carbocycles. The number of carbonyl (C=O) groups is 2. The lowest BCUT2D eigenvalue weighted by Gasteiger charge is -2.23. The van der Waals surface area contributed by atoms with Crippen LogP contribution in [0.3, 0.4) is 0 Å². The van der Waals surface area contributed by atoms with Crippen LogP contribution in [0.15, 0.2) is 24.3 Å². The lowest BCUT2D eigenvalue weighted by Crippen LogP contribution is -2.51. The van der Waals surface area contributed by atoms with E-state index in [-0.39, 0.29) is 5.11 Å². The van der Waals surface area contributed by atoms with Crippen molar-refractivity contribution >= 4 is 41.0 Å². The standard InChI is InChI=1S/C16H22N4O3S2/c1-16(11-5-7-12(23-2)8-6-11)13(21)20(15(22)18-16)19-14(24)17-9-4-10-25-3/h5-8H,4,9-10H2,1-3H3,(H,18,22)(H2,17,19,24)/t16-/m0/s1. The van der Waals surface area contributed by atoms with E-state index in [1.807, 2.05) is 6.26 Å². The highest BCUT2D eigenvalue weighted by Gasteiger charge is 2.49. The number of methoxy groups -OCH3 is 1. The van der Waals surface area contributed by atoms with Gasteiger partial charge in [-0.1, -0.05) is 12.1 Å². The molecule has 0 saturated carbocycles. The Bertz CT molecular complexity index is 653. The third-order valence-electron chi connectivity index (χ3n) is 3.88. The van der Waals surface area contributed by atoms with Crippen molar-refractivity contribution in [3.63, 3.8) is 0 Å². The van der Waals surface area contributed by atoms with Gasteiger partial charge in [0.15, 0.2) is 5.11 Å². The van der Waals surface area contributed by atoms with E-state index in [4.69, 9.17) is 17.0 Å². The van der Waals surface area contributed by atoms with Crippen LogP contribution in [0.2, 0.25) is 0 Å². The summed E-state index contributed by atoms with van der Waals surface area (Å²) in [6.45, 7) is 2.33. The van der Waals surface area contributed by atoms with E-state index in [2.05, 4.69) is 16.1 Å². The topological polar surface area (TPSA) is 82.7 Å².